The third kappa shape index (κ3) is 6.49. The number of aryl methyl sites for hydroxylation is 1. The molecule has 1 amide bonds. The summed E-state index contributed by atoms with van der Waals surface area (Å²) in [6.45, 7) is 3.22. The van der Waals surface area contributed by atoms with E-state index >= 15 is 0 Å². The Hall–Kier alpha value is -2.49. The van der Waals surface area contributed by atoms with Crippen LogP contribution < -0.4 is 14.8 Å². The van der Waals surface area contributed by atoms with Crippen LogP contribution in [0.5, 0.6) is 11.5 Å². The molecule has 2 aromatic rings. The monoisotopic (exact) mass is 341 g/mol. The first kappa shape index (κ1) is 18.8. The Balaban J connectivity index is 1.89. The zero-order chi connectivity index (χ0) is 17.9. The molecular formula is C21H27NO3. The lowest BCUT2D eigenvalue weighted by molar-refractivity contribution is -0.121. The number of methoxy groups -OCH3 is 1. The fourth-order valence-corrected chi connectivity index (χ4v) is 2.60. The number of benzene rings is 2. The summed E-state index contributed by atoms with van der Waals surface area (Å²) >= 11 is 0. The summed E-state index contributed by atoms with van der Waals surface area (Å²) in [6, 6.07) is 16.0. The first-order valence-corrected chi connectivity index (χ1v) is 8.83. The zero-order valence-corrected chi connectivity index (χ0v) is 15.1. The van der Waals surface area contributed by atoms with Gasteiger partial charge in [-0.2, -0.15) is 0 Å². The molecule has 0 aliphatic carbocycles. The molecule has 0 saturated carbocycles. The molecule has 2 aromatic carbocycles. The fraction of sp³-hybridized carbons (Fsp3) is 0.381. The van der Waals surface area contributed by atoms with Crippen molar-refractivity contribution in [3.05, 3.63) is 59.7 Å². The van der Waals surface area contributed by atoms with Crippen molar-refractivity contribution in [2.75, 3.05) is 13.7 Å². The van der Waals surface area contributed by atoms with E-state index in [-0.39, 0.29) is 5.91 Å². The Morgan fingerprint density at radius 3 is 2.64 bits per heavy atom. The predicted molar refractivity (Wildman–Crippen MR) is 100 cm³/mol. The molecule has 4 nitrogen and oxygen atoms in total. The molecular weight excluding hydrogens is 314 g/mol. The van der Waals surface area contributed by atoms with Crippen molar-refractivity contribution in [2.24, 2.45) is 0 Å². The quantitative estimate of drug-likeness (QED) is 0.661. The van der Waals surface area contributed by atoms with Gasteiger partial charge in [0, 0.05) is 13.0 Å². The summed E-state index contributed by atoms with van der Waals surface area (Å²) in [4.78, 5) is 11.5. The number of hydrogen-bond acceptors (Lipinski definition) is 3. The summed E-state index contributed by atoms with van der Waals surface area (Å²) in [7, 11) is 1.67. The van der Waals surface area contributed by atoms with Crippen molar-refractivity contribution in [3.8, 4) is 11.5 Å². The second kappa shape index (κ2) is 10.4. The van der Waals surface area contributed by atoms with E-state index in [1.165, 1.54) is 0 Å². The van der Waals surface area contributed by atoms with Gasteiger partial charge in [0.05, 0.1) is 7.11 Å². The highest BCUT2D eigenvalue weighted by Crippen LogP contribution is 2.25. The third-order valence-electron chi connectivity index (χ3n) is 3.92. The largest absolute Gasteiger partial charge is 0.496 e. The van der Waals surface area contributed by atoms with Crippen molar-refractivity contribution < 1.29 is 14.3 Å². The Kier molecular flexibility index (Phi) is 7.83. The van der Waals surface area contributed by atoms with Crippen molar-refractivity contribution in [1.29, 1.82) is 0 Å². The van der Waals surface area contributed by atoms with E-state index in [4.69, 9.17) is 9.47 Å². The molecule has 1 N–H and O–H groups in total. The minimum Gasteiger partial charge on any atom is -0.496 e. The van der Waals surface area contributed by atoms with Crippen LogP contribution in [-0.2, 0) is 17.8 Å². The topological polar surface area (TPSA) is 47.6 Å². The number of rotatable bonds is 10. The Morgan fingerprint density at radius 2 is 1.92 bits per heavy atom. The normalized spacial score (nSPS) is 10.3. The molecule has 0 heterocycles. The molecule has 0 atom stereocenters. The molecule has 0 spiro atoms. The van der Waals surface area contributed by atoms with Gasteiger partial charge in [-0.1, -0.05) is 37.3 Å². The van der Waals surface area contributed by atoms with E-state index < -0.39 is 0 Å². The van der Waals surface area contributed by atoms with Crippen LogP contribution in [0.15, 0.2) is 48.5 Å². The van der Waals surface area contributed by atoms with Gasteiger partial charge < -0.3 is 14.8 Å². The van der Waals surface area contributed by atoms with E-state index in [0.717, 1.165) is 41.9 Å². The molecule has 4 heteroatoms. The second-order valence-corrected chi connectivity index (χ2v) is 5.95. The lowest BCUT2D eigenvalue weighted by Gasteiger charge is -2.12. The molecule has 0 saturated heterocycles. The van der Waals surface area contributed by atoms with E-state index in [9.17, 15) is 4.79 Å². The molecule has 2 rings (SSSR count). The summed E-state index contributed by atoms with van der Waals surface area (Å²) in [5, 5.41) is 2.94. The standard InChI is InChI=1S/C21H27NO3/c1-3-8-21(23)22-14-7-11-18-15-19(12-13-20(18)24-2)25-16-17-9-5-4-6-10-17/h4-6,9-10,12-13,15H,3,7-8,11,14,16H2,1-2H3,(H,22,23). The van der Waals surface area contributed by atoms with Gasteiger partial charge in [-0.15, -0.1) is 0 Å². The van der Waals surface area contributed by atoms with Gasteiger partial charge >= 0.3 is 0 Å². The maximum Gasteiger partial charge on any atom is 0.219 e. The molecule has 0 unspecified atom stereocenters. The van der Waals surface area contributed by atoms with E-state index in [1.54, 1.807) is 7.11 Å². The minimum absolute atomic E-state index is 0.120. The van der Waals surface area contributed by atoms with Gasteiger partial charge in [0.2, 0.25) is 5.91 Å². The maximum absolute atomic E-state index is 11.5. The first-order chi connectivity index (χ1) is 12.2. The van der Waals surface area contributed by atoms with Gasteiger partial charge in [0.15, 0.2) is 0 Å². The lowest BCUT2D eigenvalue weighted by Crippen LogP contribution is -2.24. The third-order valence-corrected chi connectivity index (χ3v) is 3.92. The SMILES string of the molecule is CCCC(=O)NCCCc1cc(OCc2ccccc2)ccc1OC. The minimum atomic E-state index is 0.120. The average Bonchev–Trinajstić information content (AvgIpc) is 2.65. The van der Waals surface area contributed by atoms with E-state index in [1.807, 2.05) is 55.5 Å². The van der Waals surface area contributed by atoms with Crippen LogP contribution in [0.1, 0.15) is 37.3 Å². The van der Waals surface area contributed by atoms with Crippen LogP contribution in [0.3, 0.4) is 0 Å². The second-order valence-electron chi connectivity index (χ2n) is 5.95. The van der Waals surface area contributed by atoms with Crippen LogP contribution in [0.4, 0.5) is 0 Å². The van der Waals surface area contributed by atoms with Gasteiger partial charge in [-0.3, -0.25) is 4.79 Å². The lowest BCUT2D eigenvalue weighted by atomic mass is 10.1. The molecule has 0 radical (unpaired) electrons. The highest BCUT2D eigenvalue weighted by Gasteiger charge is 2.06. The van der Waals surface area contributed by atoms with Crippen LogP contribution in [0.2, 0.25) is 0 Å². The first-order valence-electron chi connectivity index (χ1n) is 8.83. The predicted octanol–water partition coefficient (Wildman–Crippen LogP) is 4.12. The Morgan fingerprint density at radius 1 is 1.12 bits per heavy atom. The Bertz CT molecular complexity index is 655. The molecule has 25 heavy (non-hydrogen) atoms. The Labute approximate surface area is 150 Å². The van der Waals surface area contributed by atoms with Gasteiger partial charge in [-0.05, 0) is 48.6 Å². The number of ether oxygens (including phenoxy) is 2. The van der Waals surface area contributed by atoms with E-state index in [0.29, 0.717) is 19.6 Å². The molecule has 0 aliphatic rings. The smallest absolute Gasteiger partial charge is 0.219 e. The molecule has 0 aliphatic heterocycles. The number of amides is 1. The van der Waals surface area contributed by atoms with Crippen LogP contribution >= 0.6 is 0 Å². The molecule has 0 aromatic heterocycles. The number of hydrogen-bond donors (Lipinski definition) is 1. The fourth-order valence-electron chi connectivity index (χ4n) is 2.60. The summed E-state index contributed by atoms with van der Waals surface area (Å²) in [6.07, 6.45) is 3.17. The van der Waals surface area contributed by atoms with Crippen LogP contribution in [-0.4, -0.2) is 19.6 Å². The van der Waals surface area contributed by atoms with Crippen LogP contribution in [0, 0.1) is 0 Å². The maximum atomic E-state index is 11.5. The number of carbonyl (C=O) groups is 1. The van der Waals surface area contributed by atoms with Gasteiger partial charge in [0.1, 0.15) is 18.1 Å². The molecule has 134 valence electrons. The zero-order valence-electron chi connectivity index (χ0n) is 15.1. The van der Waals surface area contributed by atoms with Crippen LogP contribution in [0.25, 0.3) is 0 Å². The van der Waals surface area contributed by atoms with Gasteiger partial charge in [0.25, 0.3) is 0 Å². The summed E-state index contributed by atoms with van der Waals surface area (Å²) in [5.74, 6) is 1.80. The highest BCUT2D eigenvalue weighted by molar-refractivity contribution is 5.75. The van der Waals surface area contributed by atoms with Crippen molar-refractivity contribution in [3.63, 3.8) is 0 Å². The number of nitrogens with one attached hydrogen (secondary N) is 1. The highest BCUT2D eigenvalue weighted by atomic mass is 16.5. The number of carbonyl (C=O) groups excluding carboxylic acids is 1. The molecule has 0 bridgehead atoms. The van der Waals surface area contributed by atoms with Crippen molar-refractivity contribution in [1.82, 2.24) is 5.32 Å². The van der Waals surface area contributed by atoms with E-state index in [2.05, 4.69) is 5.32 Å². The van der Waals surface area contributed by atoms with Crippen molar-refractivity contribution >= 4 is 5.91 Å². The summed E-state index contributed by atoms with van der Waals surface area (Å²) < 4.78 is 11.3. The average molecular weight is 341 g/mol. The summed E-state index contributed by atoms with van der Waals surface area (Å²) in [5.41, 5.74) is 2.23. The van der Waals surface area contributed by atoms with Gasteiger partial charge in [-0.25, -0.2) is 0 Å². The van der Waals surface area contributed by atoms with Crippen molar-refractivity contribution in [2.45, 2.75) is 39.2 Å². The molecule has 0 fully saturated rings.